The second-order valence-corrected chi connectivity index (χ2v) is 6.65. The number of ether oxygens (including phenoxy) is 1. The highest BCUT2D eigenvalue weighted by atomic mass is 35.5. The van der Waals surface area contributed by atoms with Crippen LogP contribution in [0.5, 0.6) is 5.75 Å². The molecule has 2 heterocycles. The van der Waals surface area contributed by atoms with Crippen LogP contribution in [-0.2, 0) is 0 Å². The fraction of sp³-hybridized carbons (Fsp3) is 0.211. The van der Waals surface area contributed by atoms with E-state index in [1.807, 2.05) is 0 Å². The van der Waals surface area contributed by atoms with Crippen LogP contribution in [0.25, 0.3) is 11.3 Å². The van der Waals surface area contributed by atoms with Crippen molar-refractivity contribution in [1.29, 1.82) is 0 Å². The third-order valence-electron chi connectivity index (χ3n) is 3.78. The van der Waals surface area contributed by atoms with Gasteiger partial charge in [-0.05, 0) is 37.3 Å². The molecule has 0 spiro atoms. The number of nitrogens with one attached hydrogen (secondary N) is 2. The molecule has 0 aliphatic rings. The first-order valence-corrected chi connectivity index (χ1v) is 9.10. The lowest BCUT2D eigenvalue weighted by Gasteiger charge is -2.15. The quantitative estimate of drug-likeness (QED) is 0.494. The molecule has 0 radical (unpaired) electrons. The summed E-state index contributed by atoms with van der Waals surface area (Å²) in [5.41, 5.74) is 1.75. The summed E-state index contributed by atoms with van der Waals surface area (Å²) in [4.78, 5) is 12.7. The van der Waals surface area contributed by atoms with E-state index in [9.17, 15) is 18.3 Å². The lowest BCUT2D eigenvalue weighted by Crippen LogP contribution is -2.21. The summed E-state index contributed by atoms with van der Waals surface area (Å²) in [6.07, 6.45) is -1.60. The van der Waals surface area contributed by atoms with E-state index in [0.29, 0.717) is 17.2 Å². The zero-order valence-corrected chi connectivity index (χ0v) is 16.4. The van der Waals surface area contributed by atoms with Crippen molar-refractivity contribution < 1.29 is 23.0 Å². The molecule has 0 aliphatic carbocycles. The van der Waals surface area contributed by atoms with Crippen molar-refractivity contribution in [2.24, 2.45) is 0 Å². The molecule has 3 rings (SSSR count). The highest BCUT2D eigenvalue weighted by molar-refractivity contribution is 6.32. The molecule has 7 nitrogen and oxygen atoms in total. The molecule has 3 aromatic rings. The van der Waals surface area contributed by atoms with Crippen LogP contribution < -0.4 is 15.4 Å². The monoisotopic (exact) mass is 439 g/mol. The van der Waals surface area contributed by atoms with Gasteiger partial charge < -0.3 is 20.5 Å². The SMILES string of the molecule is C[C@H](CO)Nc1nc(Nc2ccc(OC(F)(F)F)c(Cl)c2)cc(-c2ccncc2)n1. The van der Waals surface area contributed by atoms with E-state index >= 15 is 0 Å². The molecule has 0 fully saturated rings. The second kappa shape index (κ2) is 9.14. The van der Waals surface area contributed by atoms with E-state index in [4.69, 9.17) is 11.6 Å². The highest BCUT2D eigenvalue weighted by Gasteiger charge is 2.32. The Labute approximate surface area is 174 Å². The van der Waals surface area contributed by atoms with Crippen LogP contribution >= 0.6 is 11.6 Å². The number of pyridine rings is 1. The van der Waals surface area contributed by atoms with Crippen molar-refractivity contribution in [2.75, 3.05) is 17.2 Å². The van der Waals surface area contributed by atoms with Crippen molar-refractivity contribution >= 4 is 29.1 Å². The van der Waals surface area contributed by atoms with Gasteiger partial charge in [-0.2, -0.15) is 4.98 Å². The van der Waals surface area contributed by atoms with Gasteiger partial charge in [0.25, 0.3) is 0 Å². The van der Waals surface area contributed by atoms with E-state index in [2.05, 4.69) is 30.3 Å². The third-order valence-corrected chi connectivity index (χ3v) is 4.08. The summed E-state index contributed by atoms with van der Waals surface area (Å²) in [7, 11) is 0. The van der Waals surface area contributed by atoms with Crippen LogP contribution in [0.4, 0.5) is 30.6 Å². The number of benzene rings is 1. The van der Waals surface area contributed by atoms with E-state index in [1.165, 1.54) is 12.1 Å². The minimum atomic E-state index is -4.84. The fourth-order valence-corrected chi connectivity index (χ4v) is 2.67. The first-order chi connectivity index (χ1) is 14.2. The van der Waals surface area contributed by atoms with Crippen molar-refractivity contribution in [1.82, 2.24) is 15.0 Å². The predicted molar refractivity (Wildman–Crippen MR) is 107 cm³/mol. The van der Waals surface area contributed by atoms with Crippen LogP contribution in [0.2, 0.25) is 5.02 Å². The number of hydrogen-bond acceptors (Lipinski definition) is 7. The van der Waals surface area contributed by atoms with Gasteiger partial charge in [0.2, 0.25) is 5.95 Å². The maximum absolute atomic E-state index is 12.4. The number of anilines is 3. The van der Waals surface area contributed by atoms with Crippen LogP contribution in [-0.4, -0.2) is 39.1 Å². The van der Waals surface area contributed by atoms with Gasteiger partial charge in [0, 0.05) is 35.8 Å². The van der Waals surface area contributed by atoms with Crippen LogP contribution in [0.3, 0.4) is 0 Å². The van der Waals surface area contributed by atoms with E-state index < -0.39 is 12.1 Å². The zero-order valence-electron chi connectivity index (χ0n) is 15.6. The number of rotatable bonds is 7. The molecule has 0 unspecified atom stereocenters. The molecule has 0 bridgehead atoms. The van der Waals surface area contributed by atoms with Gasteiger partial charge in [-0.15, -0.1) is 13.2 Å². The number of aliphatic hydroxyl groups is 1. The lowest BCUT2D eigenvalue weighted by molar-refractivity contribution is -0.274. The summed E-state index contributed by atoms with van der Waals surface area (Å²) >= 11 is 5.90. The first kappa shape index (κ1) is 21.6. The molecule has 2 aromatic heterocycles. The van der Waals surface area contributed by atoms with Gasteiger partial charge >= 0.3 is 6.36 Å². The van der Waals surface area contributed by atoms with Crippen molar-refractivity contribution in [3.05, 3.63) is 53.8 Å². The Kier molecular flexibility index (Phi) is 6.58. The summed E-state index contributed by atoms with van der Waals surface area (Å²) in [6.45, 7) is 1.64. The van der Waals surface area contributed by atoms with E-state index in [0.717, 1.165) is 11.6 Å². The van der Waals surface area contributed by atoms with Crippen LogP contribution in [0, 0.1) is 0 Å². The van der Waals surface area contributed by atoms with Gasteiger partial charge in [0.15, 0.2) is 0 Å². The first-order valence-electron chi connectivity index (χ1n) is 8.72. The Morgan fingerprint density at radius 3 is 2.50 bits per heavy atom. The Balaban J connectivity index is 1.91. The molecule has 30 heavy (non-hydrogen) atoms. The van der Waals surface area contributed by atoms with Crippen LogP contribution in [0.1, 0.15) is 6.92 Å². The second-order valence-electron chi connectivity index (χ2n) is 6.24. The van der Waals surface area contributed by atoms with Gasteiger partial charge in [-0.25, -0.2) is 4.98 Å². The number of aromatic nitrogens is 3. The average Bonchev–Trinajstić information content (AvgIpc) is 2.69. The Bertz CT molecular complexity index is 1010. The Hall–Kier alpha value is -3.11. The average molecular weight is 440 g/mol. The Morgan fingerprint density at radius 1 is 1.13 bits per heavy atom. The molecule has 1 atom stereocenters. The van der Waals surface area contributed by atoms with Gasteiger partial charge in [0.1, 0.15) is 11.6 Å². The maximum Gasteiger partial charge on any atom is 0.573 e. The molecule has 3 N–H and O–H groups in total. The molecule has 0 saturated carbocycles. The number of hydrogen-bond donors (Lipinski definition) is 3. The van der Waals surface area contributed by atoms with E-state index in [-0.39, 0.29) is 23.6 Å². The molecule has 0 saturated heterocycles. The molecule has 1 aromatic carbocycles. The number of halogens is 4. The van der Waals surface area contributed by atoms with Gasteiger partial charge in [-0.1, -0.05) is 11.6 Å². The minimum absolute atomic E-state index is 0.123. The maximum atomic E-state index is 12.4. The third kappa shape index (κ3) is 5.94. The summed E-state index contributed by atoms with van der Waals surface area (Å²) in [5.74, 6) is 0.121. The molecular formula is C19H17ClF3N5O2. The minimum Gasteiger partial charge on any atom is -0.404 e. The number of nitrogens with zero attached hydrogens (tertiary/aromatic N) is 3. The van der Waals surface area contributed by atoms with E-state index in [1.54, 1.807) is 37.5 Å². The topological polar surface area (TPSA) is 92.2 Å². The van der Waals surface area contributed by atoms with Crippen molar-refractivity contribution in [2.45, 2.75) is 19.3 Å². The van der Waals surface area contributed by atoms with Crippen LogP contribution in [0.15, 0.2) is 48.8 Å². The molecule has 11 heteroatoms. The predicted octanol–water partition coefficient (Wildman–Crippen LogP) is 4.63. The molecule has 158 valence electrons. The fourth-order valence-electron chi connectivity index (χ4n) is 2.45. The lowest BCUT2D eigenvalue weighted by atomic mass is 10.2. The number of aliphatic hydroxyl groups excluding tert-OH is 1. The van der Waals surface area contributed by atoms with Gasteiger partial charge in [0.05, 0.1) is 17.3 Å². The molecular weight excluding hydrogens is 423 g/mol. The standard InChI is InChI=1S/C19H17ClF3N5O2/c1-11(10-29)25-18-27-15(12-4-6-24-7-5-12)9-17(28-18)26-13-2-3-16(14(20)8-13)30-19(21,22)23/h2-9,11,29H,10H2,1H3,(H2,25,26,27,28)/t11-/m1/s1. The van der Waals surface area contributed by atoms with Gasteiger partial charge in [-0.3, -0.25) is 4.98 Å². The smallest absolute Gasteiger partial charge is 0.404 e. The largest absolute Gasteiger partial charge is 0.573 e. The zero-order chi connectivity index (χ0) is 21.7. The van der Waals surface area contributed by atoms with Crippen molar-refractivity contribution in [3.8, 4) is 17.0 Å². The summed E-state index contributed by atoms with van der Waals surface area (Å²) in [6, 6.07) is 8.69. The highest BCUT2D eigenvalue weighted by Crippen LogP contribution is 2.33. The number of alkyl halides is 3. The molecule has 0 aliphatic heterocycles. The molecule has 0 amide bonds. The summed E-state index contributed by atoms with van der Waals surface area (Å²) < 4.78 is 41.1. The Morgan fingerprint density at radius 2 is 1.87 bits per heavy atom. The normalized spacial score (nSPS) is 12.3. The van der Waals surface area contributed by atoms with Crippen molar-refractivity contribution in [3.63, 3.8) is 0 Å². The summed E-state index contributed by atoms with van der Waals surface area (Å²) in [5, 5.41) is 15.0.